The second kappa shape index (κ2) is 7.94. The molecule has 0 aromatic heterocycles. The number of esters is 1. The molecule has 5 nitrogen and oxygen atoms in total. The number of nitrogens with zero attached hydrogens (tertiary/aromatic N) is 2. The quantitative estimate of drug-likeness (QED) is 0.849. The van der Waals surface area contributed by atoms with Gasteiger partial charge < -0.3 is 15.0 Å². The largest absolute Gasteiger partial charge is 0.465 e. The number of ether oxygens (including phenoxy) is 1. The number of hydrogen-bond donors (Lipinski definition) is 1. The van der Waals surface area contributed by atoms with Crippen molar-refractivity contribution >= 4 is 11.7 Å². The van der Waals surface area contributed by atoms with Gasteiger partial charge >= 0.3 is 5.97 Å². The van der Waals surface area contributed by atoms with Crippen molar-refractivity contribution < 1.29 is 13.9 Å². The van der Waals surface area contributed by atoms with Gasteiger partial charge in [-0.15, -0.1) is 0 Å². The molecule has 2 fully saturated rings. The second-order valence-electron chi connectivity index (χ2n) is 6.64. The topological polar surface area (TPSA) is 44.8 Å². The highest BCUT2D eigenvalue weighted by molar-refractivity contribution is 5.90. The van der Waals surface area contributed by atoms with Crippen LogP contribution in [0.25, 0.3) is 0 Å². The number of piperidine rings is 1. The minimum atomic E-state index is -0.633. The first-order valence-electron chi connectivity index (χ1n) is 8.73. The molecule has 0 atom stereocenters. The lowest BCUT2D eigenvalue weighted by Gasteiger charge is -2.38. The summed E-state index contributed by atoms with van der Waals surface area (Å²) in [6.07, 6.45) is 2.53. The Morgan fingerprint density at radius 1 is 1.25 bits per heavy atom. The van der Waals surface area contributed by atoms with E-state index in [2.05, 4.69) is 19.9 Å². The van der Waals surface area contributed by atoms with E-state index in [9.17, 15) is 9.18 Å². The van der Waals surface area contributed by atoms with E-state index in [4.69, 9.17) is 0 Å². The summed E-state index contributed by atoms with van der Waals surface area (Å²) in [6.45, 7) is 7.23. The third-order valence-corrected chi connectivity index (χ3v) is 5.07. The van der Waals surface area contributed by atoms with Crippen LogP contribution in [0, 0.1) is 11.7 Å². The summed E-state index contributed by atoms with van der Waals surface area (Å²) in [6, 6.07) is 4.75. The van der Waals surface area contributed by atoms with Crippen molar-refractivity contribution in [1.29, 1.82) is 0 Å². The number of carbonyl (C=O) groups excluding carboxylic acids is 1. The van der Waals surface area contributed by atoms with Crippen molar-refractivity contribution in [3.63, 3.8) is 0 Å². The Morgan fingerprint density at radius 3 is 2.58 bits per heavy atom. The Morgan fingerprint density at radius 2 is 1.96 bits per heavy atom. The highest BCUT2D eigenvalue weighted by Gasteiger charge is 2.22. The fourth-order valence-corrected chi connectivity index (χ4v) is 3.59. The van der Waals surface area contributed by atoms with Crippen molar-refractivity contribution in [1.82, 2.24) is 10.2 Å². The van der Waals surface area contributed by atoms with Crippen LogP contribution in [0.1, 0.15) is 23.2 Å². The van der Waals surface area contributed by atoms with Gasteiger partial charge in [-0.1, -0.05) is 0 Å². The van der Waals surface area contributed by atoms with Crippen LogP contribution >= 0.6 is 0 Å². The molecule has 0 bridgehead atoms. The van der Waals surface area contributed by atoms with E-state index in [1.807, 2.05) is 0 Å². The molecule has 1 N–H and O–H groups in total. The van der Waals surface area contributed by atoms with Gasteiger partial charge in [0.05, 0.1) is 12.7 Å². The molecule has 132 valence electrons. The van der Waals surface area contributed by atoms with Gasteiger partial charge in [0.1, 0.15) is 5.82 Å². The first-order valence-corrected chi connectivity index (χ1v) is 8.73. The lowest BCUT2D eigenvalue weighted by atomic mass is 9.97. The summed E-state index contributed by atoms with van der Waals surface area (Å²) in [7, 11) is 1.26. The van der Waals surface area contributed by atoms with Crippen LogP contribution in [-0.2, 0) is 4.74 Å². The third-order valence-electron chi connectivity index (χ3n) is 5.07. The number of methoxy groups -OCH3 is 1. The summed E-state index contributed by atoms with van der Waals surface area (Å²) in [5.41, 5.74) is 0.826. The summed E-state index contributed by atoms with van der Waals surface area (Å²) < 4.78 is 18.7. The lowest BCUT2D eigenvalue weighted by Crippen LogP contribution is -2.48. The van der Waals surface area contributed by atoms with Crippen LogP contribution in [0.3, 0.4) is 0 Å². The number of nitrogens with one attached hydrogen (secondary N) is 1. The number of rotatable bonds is 4. The van der Waals surface area contributed by atoms with E-state index in [0.29, 0.717) is 0 Å². The van der Waals surface area contributed by atoms with E-state index < -0.39 is 11.8 Å². The zero-order chi connectivity index (χ0) is 16.9. The molecule has 2 saturated heterocycles. The molecular formula is C18H26FN3O2. The van der Waals surface area contributed by atoms with Gasteiger partial charge in [0, 0.05) is 38.4 Å². The van der Waals surface area contributed by atoms with Crippen LogP contribution in [0.2, 0.25) is 0 Å². The van der Waals surface area contributed by atoms with Crippen LogP contribution < -0.4 is 10.2 Å². The van der Waals surface area contributed by atoms with Gasteiger partial charge in [-0.3, -0.25) is 4.90 Å². The average Bonchev–Trinajstić information content (AvgIpc) is 2.62. The summed E-state index contributed by atoms with van der Waals surface area (Å²) in [5, 5.41) is 3.41. The zero-order valence-corrected chi connectivity index (χ0v) is 14.3. The molecule has 6 heteroatoms. The molecule has 0 amide bonds. The summed E-state index contributed by atoms with van der Waals surface area (Å²) in [5.74, 6) is -0.350. The predicted molar refractivity (Wildman–Crippen MR) is 92.0 cm³/mol. The van der Waals surface area contributed by atoms with Crippen LogP contribution in [0.5, 0.6) is 0 Å². The smallest absolute Gasteiger partial charge is 0.340 e. The normalized spacial score (nSPS) is 20.2. The number of benzene rings is 1. The van der Waals surface area contributed by atoms with Crippen LogP contribution in [0.15, 0.2) is 18.2 Å². The first kappa shape index (κ1) is 17.2. The minimum absolute atomic E-state index is 0.00852. The summed E-state index contributed by atoms with van der Waals surface area (Å²) in [4.78, 5) is 16.2. The molecule has 0 unspecified atom stereocenters. The van der Waals surface area contributed by atoms with Gasteiger partial charge in [0.2, 0.25) is 0 Å². The number of hydrogen-bond acceptors (Lipinski definition) is 5. The molecule has 1 aromatic rings. The van der Waals surface area contributed by atoms with Gasteiger partial charge in [0.25, 0.3) is 0 Å². The molecule has 2 aliphatic rings. The number of piperazine rings is 1. The molecule has 3 rings (SSSR count). The van der Waals surface area contributed by atoms with E-state index in [1.54, 1.807) is 6.07 Å². The SMILES string of the molecule is COC(=O)c1ccc(N2CCN(CC3CCNCC3)CC2)cc1F. The number of halogens is 1. The van der Waals surface area contributed by atoms with Gasteiger partial charge in [-0.25, -0.2) is 9.18 Å². The molecule has 2 heterocycles. The Hall–Kier alpha value is -1.66. The Labute approximate surface area is 142 Å². The number of carbonyl (C=O) groups is 1. The molecule has 0 radical (unpaired) electrons. The van der Waals surface area contributed by atoms with Crippen molar-refractivity contribution in [2.75, 3.05) is 57.8 Å². The molecule has 2 aliphatic heterocycles. The number of anilines is 1. The molecular weight excluding hydrogens is 309 g/mol. The Bertz CT molecular complexity index is 567. The lowest BCUT2D eigenvalue weighted by molar-refractivity contribution is 0.0595. The van der Waals surface area contributed by atoms with Crippen molar-refractivity contribution in [3.05, 3.63) is 29.6 Å². The standard InChI is InChI=1S/C18H26FN3O2/c1-24-18(23)16-3-2-15(12-17(16)19)22-10-8-21(9-11-22)13-14-4-6-20-7-5-14/h2-3,12,14,20H,4-11,13H2,1H3. The fourth-order valence-electron chi connectivity index (χ4n) is 3.59. The Kier molecular flexibility index (Phi) is 5.68. The second-order valence-corrected chi connectivity index (χ2v) is 6.64. The van der Waals surface area contributed by atoms with Crippen molar-refractivity contribution in [2.24, 2.45) is 5.92 Å². The van der Waals surface area contributed by atoms with E-state index in [0.717, 1.165) is 50.9 Å². The summed E-state index contributed by atoms with van der Waals surface area (Å²) >= 11 is 0. The molecule has 0 spiro atoms. The molecule has 24 heavy (non-hydrogen) atoms. The monoisotopic (exact) mass is 335 g/mol. The highest BCUT2D eigenvalue weighted by Crippen LogP contribution is 2.22. The molecule has 1 aromatic carbocycles. The van der Waals surface area contributed by atoms with Gasteiger partial charge in [0.15, 0.2) is 0 Å². The van der Waals surface area contributed by atoms with Crippen LogP contribution in [0.4, 0.5) is 10.1 Å². The highest BCUT2D eigenvalue weighted by atomic mass is 19.1. The fraction of sp³-hybridized carbons (Fsp3) is 0.611. The predicted octanol–water partition coefficient (Wildman–Crippen LogP) is 1.73. The van der Waals surface area contributed by atoms with Crippen molar-refractivity contribution in [2.45, 2.75) is 12.8 Å². The van der Waals surface area contributed by atoms with Gasteiger partial charge in [-0.05, 0) is 50.0 Å². The molecule has 0 aliphatic carbocycles. The average molecular weight is 335 g/mol. The van der Waals surface area contributed by atoms with E-state index >= 15 is 0 Å². The van der Waals surface area contributed by atoms with Crippen LogP contribution in [-0.4, -0.2) is 63.8 Å². The van der Waals surface area contributed by atoms with E-state index in [1.165, 1.54) is 38.6 Å². The zero-order valence-electron chi connectivity index (χ0n) is 14.3. The molecule has 0 saturated carbocycles. The maximum Gasteiger partial charge on any atom is 0.340 e. The maximum absolute atomic E-state index is 14.1. The first-order chi connectivity index (χ1) is 11.7. The van der Waals surface area contributed by atoms with E-state index in [-0.39, 0.29) is 5.56 Å². The minimum Gasteiger partial charge on any atom is -0.465 e. The Balaban J connectivity index is 1.54. The maximum atomic E-state index is 14.1. The third kappa shape index (κ3) is 4.05. The van der Waals surface area contributed by atoms with Gasteiger partial charge in [-0.2, -0.15) is 0 Å². The van der Waals surface area contributed by atoms with Crippen molar-refractivity contribution in [3.8, 4) is 0 Å².